The molecule has 0 fully saturated rings. The highest BCUT2D eigenvalue weighted by atomic mass is 19.4. The fourth-order valence-electron chi connectivity index (χ4n) is 2.40. The van der Waals surface area contributed by atoms with Crippen molar-refractivity contribution in [2.75, 3.05) is 16.0 Å². The zero-order valence-electron chi connectivity index (χ0n) is 18.8. The van der Waals surface area contributed by atoms with Crippen LogP contribution < -0.4 is 16.0 Å². The first kappa shape index (κ1) is 32.1. The number of nitro benzene ring substituents is 1. The average Bonchev–Trinajstić information content (AvgIpc) is 2.78. The molecule has 0 heterocycles. The summed E-state index contributed by atoms with van der Waals surface area (Å²) in [5, 5.41) is 24.1. The number of hydrogen-bond acceptors (Lipinski definition) is 6. The molecule has 19 heteroatoms. The Bertz CT molecular complexity index is 1320. The highest BCUT2D eigenvalue weighted by molar-refractivity contribution is 5.97. The maximum atomic E-state index is 12.6. The van der Waals surface area contributed by atoms with E-state index in [0.29, 0.717) is 12.1 Å². The van der Waals surface area contributed by atoms with Crippen LogP contribution in [-0.2, 0) is 20.6 Å². The van der Waals surface area contributed by atoms with Crippen molar-refractivity contribution in [2.45, 2.75) is 25.5 Å². The maximum Gasteiger partial charge on any atom is 0.471 e. The molecule has 2 aromatic carbocycles. The summed E-state index contributed by atoms with van der Waals surface area (Å²) in [5.41, 5.74) is -4.16. The first-order valence-corrected chi connectivity index (χ1v) is 9.60. The van der Waals surface area contributed by atoms with Gasteiger partial charge < -0.3 is 16.0 Å². The molecule has 0 saturated carbocycles. The smallest absolute Gasteiger partial charge is 0.326 e. The van der Waals surface area contributed by atoms with Gasteiger partial charge in [0.1, 0.15) is 6.07 Å². The molecule has 2 rings (SSSR count). The maximum absolute atomic E-state index is 12.6. The third-order valence-corrected chi connectivity index (χ3v) is 3.99. The lowest BCUT2D eigenvalue weighted by molar-refractivity contribution is -0.385. The molecular weight excluding hydrogens is 561 g/mol. The summed E-state index contributed by atoms with van der Waals surface area (Å²) in [5.74, 6) is -5.18. The fourth-order valence-corrected chi connectivity index (χ4v) is 2.40. The first-order chi connectivity index (χ1) is 17.7. The summed E-state index contributed by atoms with van der Waals surface area (Å²) in [7, 11) is 0. The highest BCUT2D eigenvalue weighted by Gasteiger charge is 2.42. The number of alkyl halides is 9. The van der Waals surface area contributed by atoms with E-state index in [9.17, 15) is 64.0 Å². The minimum absolute atomic E-state index is 0.0337. The van der Waals surface area contributed by atoms with Gasteiger partial charge in [-0.05, 0) is 24.3 Å². The Hall–Kier alpha value is -4.89. The number of nitrogens with one attached hydrogen (secondary N) is 3. The van der Waals surface area contributed by atoms with Crippen LogP contribution in [0.15, 0.2) is 36.4 Å². The normalized spacial score (nSPS) is 11.3. The Balaban J connectivity index is 0.000000391. The molecule has 0 atom stereocenters. The Morgan fingerprint density at radius 1 is 0.821 bits per heavy atom. The Morgan fingerprint density at radius 2 is 1.31 bits per heavy atom. The SMILES string of the molecule is CC(=O)Nc1ccc(NC(=O)C(F)(F)F)c(C#N)c1.O=C(Nc1ccc([N+](=O)[O-])cc1C(F)(F)F)C(F)(F)F. The number of rotatable bonds is 4. The van der Waals surface area contributed by atoms with Crippen molar-refractivity contribution in [3.8, 4) is 6.07 Å². The van der Waals surface area contributed by atoms with Gasteiger partial charge in [0.2, 0.25) is 5.91 Å². The average molecular weight is 573 g/mol. The molecule has 0 aliphatic heterocycles. The quantitative estimate of drug-likeness (QED) is 0.262. The van der Waals surface area contributed by atoms with Crippen molar-refractivity contribution in [1.29, 1.82) is 5.26 Å². The first-order valence-electron chi connectivity index (χ1n) is 9.60. The number of benzene rings is 2. The molecule has 0 bridgehead atoms. The van der Waals surface area contributed by atoms with Crippen molar-refractivity contribution in [3.05, 3.63) is 57.6 Å². The van der Waals surface area contributed by atoms with E-state index in [0.717, 1.165) is 17.4 Å². The van der Waals surface area contributed by atoms with Crippen LogP contribution in [0.4, 0.5) is 62.3 Å². The van der Waals surface area contributed by atoms with E-state index in [4.69, 9.17) is 5.26 Å². The summed E-state index contributed by atoms with van der Waals surface area (Å²) >= 11 is 0. The molecule has 3 N–H and O–H groups in total. The lowest BCUT2D eigenvalue weighted by Gasteiger charge is -2.14. The molecule has 0 aliphatic carbocycles. The molecule has 3 amide bonds. The molecule has 0 aromatic heterocycles. The molecule has 0 spiro atoms. The number of hydrogen-bond donors (Lipinski definition) is 3. The number of carbonyl (C=O) groups excluding carboxylic acids is 3. The van der Waals surface area contributed by atoms with Gasteiger partial charge in [0, 0.05) is 24.7 Å². The Labute approximate surface area is 210 Å². The third-order valence-electron chi connectivity index (χ3n) is 3.99. The Kier molecular flexibility index (Phi) is 9.97. The number of nitro groups is 1. The zero-order chi connectivity index (χ0) is 30.3. The molecule has 2 aromatic rings. The molecular formula is C20H12F9N5O5. The fraction of sp³-hybridized carbons (Fsp3) is 0.200. The summed E-state index contributed by atoms with van der Waals surface area (Å²) < 4.78 is 110. The molecule has 0 saturated heterocycles. The van der Waals surface area contributed by atoms with Crippen LogP contribution >= 0.6 is 0 Å². The van der Waals surface area contributed by atoms with Crippen LogP contribution in [0.1, 0.15) is 18.1 Å². The number of amides is 3. The zero-order valence-corrected chi connectivity index (χ0v) is 18.8. The van der Waals surface area contributed by atoms with Crippen LogP contribution in [0.2, 0.25) is 0 Å². The predicted molar refractivity (Wildman–Crippen MR) is 113 cm³/mol. The second kappa shape index (κ2) is 12.1. The van der Waals surface area contributed by atoms with Crippen molar-refractivity contribution < 1.29 is 58.8 Å². The number of anilines is 3. The van der Waals surface area contributed by atoms with Crippen molar-refractivity contribution in [2.24, 2.45) is 0 Å². The standard InChI is InChI=1S/C11H8F3N3O2.C9H4F6N2O3/c1-6(18)16-8-2-3-9(7(4-8)5-15)17-10(19)11(12,13)14;10-8(11,12)5-3-4(17(19)20)1-2-6(5)16-7(18)9(13,14)15/h2-4H,1H3,(H,16,18)(H,17,19);1-3H,(H,16,18). The van der Waals surface area contributed by atoms with Crippen molar-refractivity contribution >= 4 is 40.5 Å². The van der Waals surface area contributed by atoms with Gasteiger partial charge >= 0.3 is 30.3 Å². The van der Waals surface area contributed by atoms with Crippen LogP contribution in [0.5, 0.6) is 0 Å². The number of nitrogens with zero attached hydrogens (tertiary/aromatic N) is 2. The summed E-state index contributed by atoms with van der Waals surface area (Å²) in [6.45, 7) is 1.24. The largest absolute Gasteiger partial charge is 0.471 e. The lowest BCUT2D eigenvalue weighted by atomic mass is 10.1. The van der Waals surface area contributed by atoms with Crippen LogP contribution in [0, 0.1) is 21.4 Å². The predicted octanol–water partition coefficient (Wildman–Crippen LogP) is 5.13. The molecule has 0 radical (unpaired) electrons. The highest BCUT2D eigenvalue weighted by Crippen LogP contribution is 2.37. The summed E-state index contributed by atoms with van der Waals surface area (Å²) in [4.78, 5) is 41.3. The molecule has 210 valence electrons. The third kappa shape index (κ3) is 9.83. The van der Waals surface area contributed by atoms with E-state index in [1.807, 2.05) is 0 Å². The Morgan fingerprint density at radius 3 is 1.72 bits per heavy atom. The van der Waals surface area contributed by atoms with Gasteiger partial charge in [-0.25, -0.2) is 0 Å². The monoisotopic (exact) mass is 573 g/mol. The van der Waals surface area contributed by atoms with E-state index >= 15 is 0 Å². The minimum Gasteiger partial charge on any atom is -0.326 e. The van der Waals surface area contributed by atoms with Crippen LogP contribution in [0.25, 0.3) is 0 Å². The van der Waals surface area contributed by atoms with Crippen LogP contribution in [-0.4, -0.2) is 35.0 Å². The van der Waals surface area contributed by atoms with E-state index in [1.54, 1.807) is 11.4 Å². The van der Waals surface area contributed by atoms with Gasteiger partial charge in [-0.2, -0.15) is 44.8 Å². The van der Waals surface area contributed by atoms with Gasteiger partial charge in [-0.1, -0.05) is 0 Å². The molecule has 0 aliphatic rings. The van der Waals surface area contributed by atoms with Crippen LogP contribution in [0.3, 0.4) is 0 Å². The van der Waals surface area contributed by atoms with Gasteiger partial charge in [0.15, 0.2) is 0 Å². The number of halogens is 9. The van der Waals surface area contributed by atoms with E-state index in [-0.39, 0.29) is 23.0 Å². The minimum atomic E-state index is -5.38. The van der Waals surface area contributed by atoms with E-state index < -0.39 is 58.1 Å². The second-order valence-corrected chi connectivity index (χ2v) is 6.94. The number of carbonyl (C=O) groups is 3. The topological polar surface area (TPSA) is 154 Å². The molecule has 10 nitrogen and oxygen atoms in total. The van der Waals surface area contributed by atoms with E-state index in [1.165, 1.54) is 13.0 Å². The number of non-ortho nitro benzene ring substituents is 1. The van der Waals surface area contributed by atoms with Gasteiger partial charge in [0.05, 0.1) is 27.4 Å². The summed E-state index contributed by atoms with van der Waals surface area (Å²) in [6, 6.07) is 6.13. The van der Waals surface area contributed by atoms with E-state index in [2.05, 4.69) is 5.32 Å². The van der Waals surface area contributed by atoms with Crippen molar-refractivity contribution in [3.63, 3.8) is 0 Å². The van der Waals surface area contributed by atoms with Gasteiger partial charge in [0.25, 0.3) is 5.69 Å². The van der Waals surface area contributed by atoms with Gasteiger partial charge in [-0.3, -0.25) is 24.5 Å². The second-order valence-electron chi connectivity index (χ2n) is 6.94. The van der Waals surface area contributed by atoms with Crippen molar-refractivity contribution in [1.82, 2.24) is 0 Å². The summed E-state index contributed by atoms with van der Waals surface area (Å²) in [6.07, 6.45) is -15.6. The van der Waals surface area contributed by atoms with Gasteiger partial charge in [-0.15, -0.1) is 0 Å². The number of nitriles is 1. The lowest BCUT2D eigenvalue weighted by Crippen LogP contribution is -2.30. The molecule has 0 unspecified atom stereocenters. The molecule has 39 heavy (non-hydrogen) atoms.